The number of halogens is 3. The Hall–Kier alpha value is -1.84. The van der Waals surface area contributed by atoms with Gasteiger partial charge in [-0.2, -0.15) is 13.2 Å². The van der Waals surface area contributed by atoms with E-state index in [1.807, 2.05) is 5.32 Å². The average molecular weight is 286 g/mol. The highest BCUT2D eigenvalue weighted by Crippen LogP contribution is 2.13. The van der Waals surface area contributed by atoms with Gasteiger partial charge in [0, 0.05) is 13.0 Å². The summed E-state index contributed by atoms with van der Waals surface area (Å²) >= 11 is 0. The molecule has 19 heavy (non-hydrogen) atoms. The number of hydrogen-bond donors (Lipinski definition) is 3. The number of urea groups is 1. The van der Waals surface area contributed by atoms with Gasteiger partial charge in [-0.15, -0.1) is 0 Å². The lowest BCUT2D eigenvalue weighted by Gasteiger charge is -2.08. The zero-order chi connectivity index (χ0) is 14.9. The van der Waals surface area contributed by atoms with Crippen molar-refractivity contribution in [3.8, 4) is 0 Å². The Morgan fingerprint density at radius 3 is 2.32 bits per heavy atom. The zero-order valence-electron chi connectivity index (χ0n) is 9.75. The molecule has 0 atom stereocenters. The third kappa shape index (κ3) is 12.4. The van der Waals surface area contributed by atoms with Crippen LogP contribution in [-0.4, -0.2) is 48.9 Å². The van der Waals surface area contributed by atoms with E-state index in [0.29, 0.717) is 0 Å². The van der Waals surface area contributed by atoms with E-state index in [1.54, 1.807) is 0 Å². The second kappa shape index (κ2) is 8.29. The van der Waals surface area contributed by atoms with Crippen LogP contribution in [0.15, 0.2) is 0 Å². The van der Waals surface area contributed by atoms with Crippen molar-refractivity contribution in [2.45, 2.75) is 19.0 Å². The second-order valence-corrected chi connectivity index (χ2v) is 3.37. The summed E-state index contributed by atoms with van der Waals surface area (Å²) in [5.41, 5.74) is 0. The average Bonchev–Trinajstić information content (AvgIpc) is 2.24. The molecule has 0 aliphatic rings. The number of carboxylic acids is 1. The van der Waals surface area contributed by atoms with E-state index in [0.717, 1.165) is 0 Å². The van der Waals surface area contributed by atoms with Gasteiger partial charge in [0.25, 0.3) is 0 Å². The molecule has 0 fully saturated rings. The molecule has 0 unspecified atom stereocenters. The summed E-state index contributed by atoms with van der Waals surface area (Å²) in [6.45, 7) is -2.00. The molecule has 0 rings (SSSR count). The first kappa shape index (κ1) is 17.2. The van der Waals surface area contributed by atoms with Crippen molar-refractivity contribution in [1.82, 2.24) is 10.6 Å². The minimum Gasteiger partial charge on any atom is -0.481 e. The van der Waals surface area contributed by atoms with Crippen LogP contribution in [0.2, 0.25) is 0 Å². The lowest BCUT2D eigenvalue weighted by Crippen LogP contribution is -2.41. The van der Waals surface area contributed by atoms with E-state index in [4.69, 9.17) is 5.11 Å². The molecule has 10 heteroatoms. The SMILES string of the molecule is O=C(O)CCC(=O)NC(=O)NCCOCC(F)(F)F. The third-order valence-electron chi connectivity index (χ3n) is 1.62. The number of alkyl halides is 3. The first-order chi connectivity index (χ1) is 8.70. The molecule has 3 N–H and O–H groups in total. The molecule has 110 valence electrons. The Balaban J connectivity index is 3.59. The Morgan fingerprint density at radius 2 is 1.79 bits per heavy atom. The molecule has 0 aromatic carbocycles. The molecule has 0 aliphatic heterocycles. The van der Waals surface area contributed by atoms with E-state index >= 15 is 0 Å². The van der Waals surface area contributed by atoms with Crippen LogP contribution in [0, 0.1) is 0 Å². The van der Waals surface area contributed by atoms with Gasteiger partial charge in [-0.05, 0) is 0 Å². The first-order valence-electron chi connectivity index (χ1n) is 5.14. The van der Waals surface area contributed by atoms with Crippen molar-refractivity contribution < 1.29 is 37.4 Å². The molecule has 0 aromatic heterocycles. The number of hydrogen-bond acceptors (Lipinski definition) is 4. The summed E-state index contributed by atoms with van der Waals surface area (Å²) in [5, 5.41) is 12.2. The molecule has 0 radical (unpaired) electrons. The van der Waals surface area contributed by atoms with Gasteiger partial charge in [0.2, 0.25) is 5.91 Å². The maximum Gasteiger partial charge on any atom is 0.411 e. The van der Waals surface area contributed by atoms with Crippen molar-refractivity contribution in [2.24, 2.45) is 0 Å². The predicted octanol–water partition coefficient (Wildman–Crippen LogP) is 0.256. The molecule has 0 saturated carbocycles. The Labute approximate surface area is 106 Å². The number of aliphatic carboxylic acids is 1. The van der Waals surface area contributed by atoms with Crippen LogP contribution in [0.4, 0.5) is 18.0 Å². The summed E-state index contributed by atoms with van der Waals surface area (Å²) in [6, 6.07) is -0.925. The zero-order valence-corrected chi connectivity index (χ0v) is 9.75. The molecule has 3 amide bonds. The maximum absolute atomic E-state index is 11.6. The smallest absolute Gasteiger partial charge is 0.411 e. The van der Waals surface area contributed by atoms with Crippen LogP contribution in [0.25, 0.3) is 0 Å². The Kier molecular flexibility index (Phi) is 7.49. The van der Waals surface area contributed by atoms with Gasteiger partial charge in [-0.1, -0.05) is 0 Å². The maximum atomic E-state index is 11.6. The summed E-state index contributed by atoms with van der Waals surface area (Å²) < 4.78 is 39.1. The van der Waals surface area contributed by atoms with E-state index < -0.39 is 37.1 Å². The van der Waals surface area contributed by atoms with Crippen LogP contribution in [-0.2, 0) is 14.3 Å². The lowest BCUT2D eigenvalue weighted by atomic mass is 10.3. The van der Waals surface area contributed by atoms with Gasteiger partial charge < -0.3 is 15.2 Å². The van der Waals surface area contributed by atoms with Crippen LogP contribution in [0.1, 0.15) is 12.8 Å². The molecule has 0 aromatic rings. The Morgan fingerprint density at radius 1 is 1.16 bits per heavy atom. The van der Waals surface area contributed by atoms with Crippen molar-refractivity contribution in [2.75, 3.05) is 19.8 Å². The number of ether oxygens (including phenoxy) is 1. The fourth-order valence-electron chi connectivity index (χ4n) is 0.878. The van der Waals surface area contributed by atoms with Gasteiger partial charge in [0.05, 0.1) is 13.0 Å². The highest BCUT2D eigenvalue weighted by Gasteiger charge is 2.27. The fourth-order valence-corrected chi connectivity index (χ4v) is 0.878. The molecule has 0 heterocycles. The highest BCUT2D eigenvalue weighted by molar-refractivity contribution is 5.95. The summed E-state index contributed by atoms with van der Waals surface area (Å²) in [7, 11) is 0. The minimum atomic E-state index is -4.44. The molecular formula is C9H13F3N2O5. The standard InChI is InChI=1S/C9H13F3N2O5/c10-9(11,12)5-19-4-3-13-8(18)14-6(15)1-2-7(16)17/h1-5H2,(H,16,17)(H2,13,14,15,18). The lowest BCUT2D eigenvalue weighted by molar-refractivity contribution is -0.173. The van der Waals surface area contributed by atoms with E-state index in [1.165, 1.54) is 0 Å². The molecule has 0 aliphatic carbocycles. The Bertz CT molecular complexity index is 332. The van der Waals surface area contributed by atoms with Crippen LogP contribution < -0.4 is 10.6 Å². The van der Waals surface area contributed by atoms with E-state index in [9.17, 15) is 27.6 Å². The number of amides is 3. The quantitative estimate of drug-likeness (QED) is 0.582. The van der Waals surface area contributed by atoms with E-state index in [2.05, 4.69) is 10.1 Å². The number of imide groups is 1. The number of rotatable bonds is 7. The molecule has 0 saturated heterocycles. The minimum absolute atomic E-state index is 0.214. The monoisotopic (exact) mass is 286 g/mol. The third-order valence-corrected chi connectivity index (χ3v) is 1.62. The molecule has 7 nitrogen and oxygen atoms in total. The van der Waals surface area contributed by atoms with Gasteiger partial charge in [-0.25, -0.2) is 4.79 Å². The van der Waals surface area contributed by atoms with Crippen LogP contribution in [0.5, 0.6) is 0 Å². The molecule has 0 bridgehead atoms. The fraction of sp³-hybridized carbons (Fsp3) is 0.667. The highest BCUT2D eigenvalue weighted by atomic mass is 19.4. The molecular weight excluding hydrogens is 273 g/mol. The van der Waals surface area contributed by atoms with Crippen LogP contribution in [0.3, 0.4) is 0 Å². The second-order valence-electron chi connectivity index (χ2n) is 3.37. The van der Waals surface area contributed by atoms with Crippen molar-refractivity contribution >= 4 is 17.9 Å². The first-order valence-corrected chi connectivity index (χ1v) is 5.14. The predicted molar refractivity (Wildman–Crippen MR) is 55.3 cm³/mol. The van der Waals surface area contributed by atoms with Gasteiger partial charge in [0.15, 0.2) is 0 Å². The summed E-state index contributed by atoms with van der Waals surface area (Å²) in [5.74, 6) is -1.98. The number of nitrogens with one attached hydrogen (secondary N) is 2. The number of carboxylic acid groups (broad SMARTS) is 1. The summed E-state index contributed by atoms with van der Waals surface area (Å²) in [6.07, 6.45) is -5.23. The molecule has 0 spiro atoms. The van der Waals surface area contributed by atoms with Crippen molar-refractivity contribution in [3.05, 3.63) is 0 Å². The van der Waals surface area contributed by atoms with Gasteiger partial charge in [-0.3, -0.25) is 14.9 Å². The van der Waals surface area contributed by atoms with Gasteiger partial charge in [0.1, 0.15) is 6.61 Å². The summed E-state index contributed by atoms with van der Waals surface area (Å²) in [4.78, 5) is 32.1. The normalized spacial score (nSPS) is 10.9. The van der Waals surface area contributed by atoms with E-state index in [-0.39, 0.29) is 19.6 Å². The van der Waals surface area contributed by atoms with Crippen molar-refractivity contribution in [3.63, 3.8) is 0 Å². The van der Waals surface area contributed by atoms with Gasteiger partial charge >= 0.3 is 18.2 Å². The largest absolute Gasteiger partial charge is 0.481 e. The topological polar surface area (TPSA) is 105 Å². The number of carbonyl (C=O) groups excluding carboxylic acids is 2. The number of carbonyl (C=O) groups is 3. The van der Waals surface area contributed by atoms with Crippen LogP contribution >= 0.6 is 0 Å². The van der Waals surface area contributed by atoms with Crippen molar-refractivity contribution in [1.29, 1.82) is 0 Å².